The minimum atomic E-state index is 1.15. The molecule has 0 spiro atoms. The van der Waals surface area contributed by atoms with Crippen molar-refractivity contribution >= 4 is 5.57 Å². The summed E-state index contributed by atoms with van der Waals surface area (Å²) in [6, 6.07) is 6.67. The lowest BCUT2D eigenvalue weighted by Gasteiger charge is -2.07. The van der Waals surface area contributed by atoms with Crippen molar-refractivity contribution < 1.29 is 0 Å². The summed E-state index contributed by atoms with van der Waals surface area (Å²) in [5, 5.41) is 0. The van der Waals surface area contributed by atoms with Crippen LogP contribution in [-0.2, 0) is 6.42 Å². The third-order valence-electron chi connectivity index (χ3n) is 2.64. The van der Waals surface area contributed by atoms with E-state index in [0.717, 1.165) is 5.57 Å². The fourth-order valence-corrected chi connectivity index (χ4v) is 1.61. The van der Waals surface area contributed by atoms with Crippen LogP contribution in [0.2, 0.25) is 0 Å². The Morgan fingerprint density at radius 3 is 2.57 bits per heavy atom. The van der Waals surface area contributed by atoms with Crippen molar-refractivity contribution in [3.8, 4) is 0 Å². The molecule has 0 radical (unpaired) electrons. The lowest BCUT2D eigenvalue weighted by Crippen LogP contribution is -1.91. The smallest absolute Gasteiger partial charge is 0.0230 e. The zero-order chi connectivity index (χ0) is 10.6. The van der Waals surface area contributed by atoms with E-state index in [1.165, 1.54) is 36.0 Å². The first-order valence-electron chi connectivity index (χ1n) is 5.40. The van der Waals surface area contributed by atoms with Crippen LogP contribution in [0.15, 0.2) is 24.8 Å². The molecule has 0 amide bonds. The largest absolute Gasteiger partial charge is 0.0955 e. The van der Waals surface area contributed by atoms with Crippen LogP contribution >= 0.6 is 0 Å². The maximum absolute atomic E-state index is 3.96. The van der Waals surface area contributed by atoms with E-state index in [2.05, 4.69) is 45.5 Å². The number of allylic oxidation sites excluding steroid dienone is 1. The van der Waals surface area contributed by atoms with Crippen molar-refractivity contribution in [1.29, 1.82) is 0 Å². The lowest BCUT2D eigenvalue weighted by atomic mass is 9.98. The summed E-state index contributed by atoms with van der Waals surface area (Å²) >= 11 is 0. The molecule has 1 aromatic carbocycles. The third kappa shape index (κ3) is 2.73. The van der Waals surface area contributed by atoms with Gasteiger partial charge in [-0.05, 0) is 43.4 Å². The molecule has 0 bridgehead atoms. The second-order valence-electron chi connectivity index (χ2n) is 4.03. The zero-order valence-electron chi connectivity index (χ0n) is 9.56. The highest BCUT2D eigenvalue weighted by Gasteiger charge is 1.99. The lowest BCUT2D eigenvalue weighted by molar-refractivity contribution is 0.791. The molecule has 0 saturated heterocycles. The van der Waals surface area contributed by atoms with Crippen LogP contribution in [0.25, 0.3) is 5.57 Å². The van der Waals surface area contributed by atoms with Gasteiger partial charge in [-0.25, -0.2) is 0 Å². The standard InChI is InChI=1S/C14H20/c1-5-6-7-13-8-9-14(11(2)3)10-12(13)4/h8-10H,2,5-7H2,1,3-4H3. The molecule has 1 rings (SSSR count). The van der Waals surface area contributed by atoms with Crippen molar-refractivity contribution in [3.63, 3.8) is 0 Å². The Balaban J connectivity index is 2.84. The minimum absolute atomic E-state index is 1.15. The third-order valence-corrected chi connectivity index (χ3v) is 2.64. The first kappa shape index (κ1) is 11.0. The van der Waals surface area contributed by atoms with Crippen molar-refractivity contribution in [1.82, 2.24) is 0 Å². The van der Waals surface area contributed by atoms with Gasteiger partial charge < -0.3 is 0 Å². The normalized spacial score (nSPS) is 10.2. The molecule has 1 aromatic rings. The van der Waals surface area contributed by atoms with E-state index in [-0.39, 0.29) is 0 Å². The van der Waals surface area contributed by atoms with E-state index >= 15 is 0 Å². The first-order chi connectivity index (χ1) is 6.65. The number of benzene rings is 1. The van der Waals surface area contributed by atoms with E-state index in [4.69, 9.17) is 0 Å². The van der Waals surface area contributed by atoms with Gasteiger partial charge in [-0.3, -0.25) is 0 Å². The SMILES string of the molecule is C=C(C)c1ccc(CCCC)c(C)c1. The molecule has 0 N–H and O–H groups in total. The quantitative estimate of drug-likeness (QED) is 0.658. The first-order valence-corrected chi connectivity index (χ1v) is 5.40. The van der Waals surface area contributed by atoms with Gasteiger partial charge in [0.2, 0.25) is 0 Å². The molecule has 0 saturated carbocycles. The highest BCUT2D eigenvalue weighted by molar-refractivity contribution is 5.62. The van der Waals surface area contributed by atoms with Gasteiger partial charge in [0.05, 0.1) is 0 Å². The molecule has 0 fully saturated rings. The average molecular weight is 188 g/mol. The van der Waals surface area contributed by atoms with Crippen molar-refractivity contribution in [2.45, 2.75) is 40.0 Å². The summed E-state index contributed by atoms with van der Waals surface area (Å²) in [5.41, 5.74) is 5.30. The molecular formula is C14H20. The van der Waals surface area contributed by atoms with E-state index in [9.17, 15) is 0 Å². The summed E-state index contributed by atoms with van der Waals surface area (Å²) in [7, 11) is 0. The molecule has 0 aromatic heterocycles. The van der Waals surface area contributed by atoms with Gasteiger partial charge in [0.25, 0.3) is 0 Å². The maximum atomic E-state index is 3.96. The number of hydrogen-bond acceptors (Lipinski definition) is 0. The summed E-state index contributed by atoms with van der Waals surface area (Å²) in [4.78, 5) is 0. The van der Waals surface area contributed by atoms with Gasteiger partial charge in [-0.15, -0.1) is 0 Å². The molecular weight excluding hydrogens is 168 g/mol. The molecule has 0 aliphatic carbocycles. The molecule has 0 aliphatic heterocycles. The van der Waals surface area contributed by atoms with Crippen molar-refractivity contribution in [2.24, 2.45) is 0 Å². The molecule has 0 unspecified atom stereocenters. The van der Waals surface area contributed by atoms with Crippen LogP contribution < -0.4 is 0 Å². The van der Waals surface area contributed by atoms with Gasteiger partial charge in [-0.2, -0.15) is 0 Å². The van der Waals surface area contributed by atoms with E-state index < -0.39 is 0 Å². The maximum Gasteiger partial charge on any atom is -0.0230 e. The van der Waals surface area contributed by atoms with Gasteiger partial charge >= 0.3 is 0 Å². The second kappa shape index (κ2) is 4.99. The second-order valence-corrected chi connectivity index (χ2v) is 4.03. The Labute approximate surface area is 87.7 Å². The Morgan fingerprint density at radius 2 is 2.07 bits per heavy atom. The van der Waals surface area contributed by atoms with Crippen LogP contribution in [0.4, 0.5) is 0 Å². The van der Waals surface area contributed by atoms with Gasteiger partial charge in [0.1, 0.15) is 0 Å². The summed E-state index contributed by atoms with van der Waals surface area (Å²) in [5.74, 6) is 0. The molecule has 0 heteroatoms. The highest BCUT2D eigenvalue weighted by Crippen LogP contribution is 2.18. The number of rotatable bonds is 4. The van der Waals surface area contributed by atoms with Crippen molar-refractivity contribution in [3.05, 3.63) is 41.5 Å². The van der Waals surface area contributed by atoms with E-state index in [0.29, 0.717) is 0 Å². The molecule has 0 heterocycles. The monoisotopic (exact) mass is 188 g/mol. The predicted molar refractivity (Wildman–Crippen MR) is 64.5 cm³/mol. The van der Waals surface area contributed by atoms with Crippen LogP contribution in [0, 0.1) is 6.92 Å². The zero-order valence-corrected chi connectivity index (χ0v) is 9.56. The number of hydrogen-bond donors (Lipinski definition) is 0. The average Bonchev–Trinajstić information content (AvgIpc) is 2.15. The van der Waals surface area contributed by atoms with Crippen LogP contribution in [0.5, 0.6) is 0 Å². The Morgan fingerprint density at radius 1 is 1.36 bits per heavy atom. The molecule has 76 valence electrons. The predicted octanol–water partition coefficient (Wildman–Crippen LogP) is 4.37. The highest BCUT2D eigenvalue weighted by atomic mass is 14.1. The van der Waals surface area contributed by atoms with E-state index in [1.54, 1.807) is 0 Å². The molecule has 14 heavy (non-hydrogen) atoms. The summed E-state index contributed by atoms with van der Waals surface area (Å²) < 4.78 is 0. The fraction of sp³-hybridized carbons (Fsp3) is 0.429. The topological polar surface area (TPSA) is 0 Å². The van der Waals surface area contributed by atoms with Crippen molar-refractivity contribution in [2.75, 3.05) is 0 Å². The summed E-state index contributed by atoms with van der Waals surface area (Å²) in [6.45, 7) is 10.4. The van der Waals surface area contributed by atoms with Crippen LogP contribution in [-0.4, -0.2) is 0 Å². The number of unbranched alkanes of at least 4 members (excludes halogenated alkanes) is 1. The van der Waals surface area contributed by atoms with Gasteiger partial charge in [0, 0.05) is 0 Å². The Bertz CT molecular complexity index is 321. The van der Waals surface area contributed by atoms with Gasteiger partial charge in [-0.1, -0.05) is 43.7 Å². The van der Waals surface area contributed by atoms with Crippen LogP contribution in [0.3, 0.4) is 0 Å². The Kier molecular flexibility index (Phi) is 3.94. The van der Waals surface area contributed by atoms with Gasteiger partial charge in [0.15, 0.2) is 0 Å². The molecule has 0 atom stereocenters. The Hall–Kier alpha value is -1.04. The van der Waals surface area contributed by atoms with E-state index in [1.807, 2.05) is 0 Å². The molecule has 0 aliphatic rings. The minimum Gasteiger partial charge on any atom is -0.0955 e. The fourth-order valence-electron chi connectivity index (χ4n) is 1.61. The number of aryl methyl sites for hydroxylation is 2. The summed E-state index contributed by atoms with van der Waals surface area (Å²) in [6.07, 6.45) is 3.76. The van der Waals surface area contributed by atoms with Crippen LogP contribution in [0.1, 0.15) is 43.4 Å². The molecule has 0 nitrogen and oxygen atoms in total.